The van der Waals surface area contributed by atoms with Crippen LogP contribution in [-0.4, -0.2) is 32.4 Å². The predicted molar refractivity (Wildman–Crippen MR) is 125 cm³/mol. The van der Waals surface area contributed by atoms with Gasteiger partial charge in [0.25, 0.3) is 0 Å². The van der Waals surface area contributed by atoms with Crippen molar-refractivity contribution in [1.82, 2.24) is 14.5 Å². The minimum absolute atomic E-state index is 0.132. The fourth-order valence-electron chi connectivity index (χ4n) is 4.05. The summed E-state index contributed by atoms with van der Waals surface area (Å²) in [5.74, 6) is 1.07. The van der Waals surface area contributed by atoms with Crippen LogP contribution >= 0.6 is 11.6 Å². The van der Waals surface area contributed by atoms with E-state index in [2.05, 4.69) is 9.88 Å². The van der Waals surface area contributed by atoms with Gasteiger partial charge in [0.05, 0.1) is 11.1 Å². The molecule has 4 rings (SSSR count). The van der Waals surface area contributed by atoms with Gasteiger partial charge in [0.2, 0.25) is 5.91 Å². The van der Waals surface area contributed by atoms with Crippen LogP contribution in [0, 0.1) is 5.82 Å². The second-order valence-corrected chi connectivity index (χ2v) is 9.60. The molecule has 1 aromatic heterocycles. The van der Waals surface area contributed by atoms with Crippen molar-refractivity contribution in [2.24, 2.45) is 5.73 Å². The Morgan fingerprint density at radius 1 is 1.12 bits per heavy atom. The quantitative estimate of drug-likeness (QED) is 0.586. The van der Waals surface area contributed by atoms with Crippen LogP contribution in [0.2, 0.25) is 5.02 Å². The van der Waals surface area contributed by atoms with E-state index in [0.29, 0.717) is 23.8 Å². The largest absolute Gasteiger partial charge is 0.340 e. The Balaban J connectivity index is 1.84. The number of nitrogens with zero attached hydrogens (tertiary/aromatic N) is 3. The van der Waals surface area contributed by atoms with Crippen LogP contribution in [0.15, 0.2) is 48.5 Å². The van der Waals surface area contributed by atoms with Crippen LogP contribution in [0.3, 0.4) is 0 Å². The Hall–Kier alpha value is -2.90. The molecule has 0 spiro atoms. The van der Waals surface area contributed by atoms with Gasteiger partial charge in [-0.15, -0.1) is 0 Å². The first-order valence-corrected chi connectivity index (χ1v) is 10.9. The van der Waals surface area contributed by atoms with Crippen LogP contribution in [-0.2, 0) is 16.9 Å². The fourth-order valence-corrected chi connectivity index (χ4v) is 4.17. The molecule has 1 aliphatic rings. The Labute approximate surface area is 192 Å². The zero-order valence-corrected chi connectivity index (χ0v) is 19.4. The van der Waals surface area contributed by atoms with Crippen LogP contribution < -0.4 is 11.1 Å². The molecule has 6 nitrogen and oxygen atoms in total. The number of nitrogens with two attached hydrogens (primary N) is 1. The van der Waals surface area contributed by atoms with Crippen molar-refractivity contribution in [3.8, 4) is 11.3 Å². The highest BCUT2D eigenvalue weighted by molar-refractivity contribution is 6.30. The van der Waals surface area contributed by atoms with E-state index in [0.717, 1.165) is 22.9 Å². The van der Waals surface area contributed by atoms with Crippen LogP contribution in [0.1, 0.15) is 33.5 Å². The normalized spacial score (nSPS) is 15.4. The lowest BCUT2D eigenvalue weighted by atomic mass is 9.94. The molecule has 2 aromatic carbocycles. The number of halogens is 2. The summed E-state index contributed by atoms with van der Waals surface area (Å²) in [5.41, 5.74) is 6.75. The lowest BCUT2D eigenvalue weighted by molar-refractivity contribution is -0.143. The van der Waals surface area contributed by atoms with E-state index < -0.39 is 11.1 Å². The number of nitrogens with one attached hydrogen (secondary N) is 1. The van der Waals surface area contributed by atoms with Gasteiger partial charge in [0.1, 0.15) is 23.2 Å². The summed E-state index contributed by atoms with van der Waals surface area (Å²) < 4.78 is 15.7. The molecule has 0 fully saturated rings. The van der Waals surface area contributed by atoms with Crippen molar-refractivity contribution < 1.29 is 9.18 Å². The highest BCUT2D eigenvalue weighted by Crippen LogP contribution is 2.40. The van der Waals surface area contributed by atoms with Crippen LogP contribution in [0.5, 0.6) is 0 Å². The third kappa shape index (κ3) is 3.98. The van der Waals surface area contributed by atoms with Crippen molar-refractivity contribution in [1.29, 1.82) is 0 Å². The number of amides is 1. The van der Waals surface area contributed by atoms with E-state index in [4.69, 9.17) is 22.3 Å². The Kier molecular flexibility index (Phi) is 5.51. The minimum atomic E-state index is -0.990. The summed E-state index contributed by atoms with van der Waals surface area (Å²) in [6.07, 6.45) is 0. The number of hydrogen-bond acceptors (Lipinski definition) is 4. The van der Waals surface area contributed by atoms with Gasteiger partial charge in [-0.25, -0.2) is 9.37 Å². The van der Waals surface area contributed by atoms with Crippen molar-refractivity contribution in [3.63, 3.8) is 0 Å². The van der Waals surface area contributed by atoms with Gasteiger partial charge >= 0.3 is 0 Å². The van der Waals surface area contributed by atoms with Gasteiger partial charge in [0, 0.05) is 29.4 Å². The van der Waals surface area contributed by atoms with Gasteiger partial charge in [-0.3, -0.25) is 4.79 Å². The summed E-state index contributed by atoms with van der Waals surface area (Å²) in [7, 11) is 0. The summed E-state index contributed by atoms with van der Waals surface area (Å²) in [6, 6.07) is 13.6. The number of imidazole rings is 1. The monoisotopic (exact) mass is 455 g/mol. The van der Waals surface area contributed by atoms with Crippen molar-refractivity contribution in [2.45, 2.75) is 45.3 Å². The molecule has 8 heteroatoms. The molecule has 0 saturated heterocycles. The molecule has 0 radical (unpaired) electrons. The van der Waals surface area contributed by atoms with E-state index in [1.54, 1.807) is 30.9 Å². The zero-order valence-electron chi connectivity index (χ0n) is 18.6. The molecule has 0 unspecified atom stereocenters. The van der Waals surface area contributed by atoms with Crippen LogP contribution in [0.4, 0.5) is 15.9 Å². The smallest absolute Gasteiger partial charge is 0.242 e. The maximum atomic E-state index is 13.6. The average molecular weight is 456 g/mol. The van der Waals surface area contributed by atoms with E-state index >= 15 is 0 Å². The van der Waals surface area contributed by atoms with E-state index in [1.165, 1.54) is 12.1 Å². The molecule has 2 heterocycles. The first-order chi connectivity index (χ1) is 15.0. The van der Waals surface area contributed by atoms with E-state index in [1.807, 2.05) is 38.1 Å². The molecular formula is C24H27ClFN5O. The van der Waals surface area contributed by atoms with Gasteiger partial charge in [-0.1, -0.05) is 11.6 Å². The summed E-state index contributed by atoms with van der Waals surface area (Å²) in [5, 5.41) is 4.10. The second kappa shape index (κ2) is 7.90. The second-order valence-electron chi connectivity index (χ2n) is 9.16. The number of anilines is 2. The average Bonchev–Trinajstić information content (AvgIpc) is 3.09. The first kappa shape index (κ1) is 22.3. The fraction of sp³-hybridized carbons (Fsp3) is 0.333. The zero-order chi connectivity index (χ0) is 23.3. The maximum Gasteiger partial charge on any atom is 0.242 e. The number of carbonyl (C=O) groups is 1. The topological polar surface area (TPSA) is 76.2 Å². The van der Waals surface area contributed by atoms with Gasteiger partial charge < -0.3 is 20.5 Å². The number of fused-ring (bicyclic) bond motifs is 1. The predicted octanol–water partition coefficient (Wildman–Crippen LogP) is 4.90. The molecular weight excluding hydrogens is 429 g/mol. The Bertz CT molecular complexity index is 1150. The molecule has 32 heavy (non-hydrogen) atoms. The third-order valence-corrected chi connectivity index (χ3v) is 6.01. The molecule has 3 N–H and O–H groups in total. The van der Waals surface area contributed by atoms with Crippen LogP contribution in [0.25, 0.3) is 11.3 Å². The lowest BCUT2D eigenvalue weighted by Crippen LogP contribution is -2.60. The molecule has 168 valence electrons. The van der Waals surface area contributed by atoms with Gasteiger partial charge in [-0.05, 0) is 76.2 Å². The van der Waals surface area contributed by atoms with E-state index in [9.17, 15) is 9.18 Å². The van der Waals surface area contributed by atoms with Crippen molar-refractivity contribution in [2.75, 3.05) is 11.9 Å². The maximum absolute atomic E-state index is 13.6. The number of carbonyl (C=O) groups excluding carboxylic acids is 1. The van der Waals surface area contributed by atoms with Gasteiger partial charge in [0.15, 0.2) is 0 Å². The number of hydrogen-bond donors (Lipinski definition) is 2. The molecule has 0 aliphatic carbocycles. The number of aromatic nitrogens is 2. The molecule has 1 aliphatic heterocycles. The summed E-state index contributed by atoms with van der Waals surface area (Å²) in [4.78, 5) is 19.8. The number of rotatable bonds is 4. The summed E-state index contributed by atoms with van der Waals surface area (Å²) >= 11 is 6.04. The minimum Gasteiger partial charge on any atom is -0.340 e. The molecule has 0 atom stereocenters. The first-order valence-electron chi connectivity index (χ1n) is 10.5. The molecule has 0 saturated carbocycles. The Morgan fingerprint density at radius 2 is 1.75 bits per heavy atom. The highest BCUT2D eigenvalue weighted by atomic mass is 35.5. The highest BCUT2D eigenvalue weighted by Gasteiger charge is 2.44. The lowest BCUT2D eigenvalue weighted by Gasteiger charge is -2.44. The van der Waals surface area contributed by atoms with E-state index in [-0.39, 0.29) is 11.7 Å². The SMILES string of the molecule is CC(C)(N)C(=O)N1CCn2c(nc(-c3ccc(F)cc3)c2Nc2ccc(Cl)cc2)C1(C)C. The molecule has 0 bridgehead atoms. The Morgan fingerprint density at radius 3 is 2.34 bits per heavy atom. The summed E-state index contributed by atoms with van der Waals surface area (Å²) in [6.45, 7) is 8.40. The van der Waals surface area contributed by atoms with Crippen molar-refractivity contribution >= 4 is 29.0 Å². The number of benzene rings is 2. The third-order valence-electron chi connectivity index (χ3n) is 5.76. The van der Waals surface area contributed by atoms with Crippen molar-refractivity contribution in [3.05, 3.63) is 65.2 Å². The standard InChI is InChI=1S/C24H27ClFN5O/c1-23(2,27)22(32)31-14-13-30-20(28-18-11-7-16(25)8-12-18)19(29-21(30)24(31,3)4)15-5-9-17(26)10-6-15/h5-12,28H,13-14,27H2,1-4H3. The molecule has 1 amide bonds. The molecule has 3 aromatic rings. The van der Waals surface area contributed by atoms with Gasteiger partial charge in [-0.2, -0.15) is 0 Å².